The van der Waals surface area contributed by atoms with Gasteiger partial charge in [0.1, 0.15) is 5.75 Å². The van der Waals surface area contributed by atoms with E-state index in [0.29, 0.717) is 12.3 Å². The fourth-order valence-electron chi connectivity index (χ4n) is 1.71. The number of nitrogens with two attached hydrogens (primary N) is 1. The van der Waals surface area contributed by atoms with Gasteiger partial charge >= 0.3 is 0 Å². The number of nitrogens with one attached hydrogen (secondary N) is 1. The van der Waals surface area contributed by atoms with Crippen LogP contribution in [0.1, 0.15) is 40.2 Å². The number of carbonyl (C=O) groups is 1. The Morgan fingerprint density at radius 1 is 1.35 bits per heavy atom. The van der Waals surface area contributed by atoms with Crippen LogP contribution >= 0.6 is 0 Å². The highest BCUT2D eigenvalue weighted by molar-refractivity contribution is 5.81. The average Bonchev–Trinajstić information content (AvgIpc) is 2.37. The lowest BCUT2D eigenvalue weighted by atomic mass is 9.87. The topological polar surface area (TPSA) is 64.3 Å². The Bertz CT molecular complexity index is 452. The van der Waals surface area contributed by atoms with Gasteiger partial charge < -0.3 is 15.8 Å². The van der Waals surface area contributed by atoms with Gasteiger partial charge in [-0.1, -0.05) is 32.9 Å². The van der Waals surface area contributed by atoms with E-state index in [1.807, 2.05) is 25.1 Å². The minimum atomic E-state index is -0.542. The van der Waals surface area contributed by atoms with Crippen molar-refractivity contribution < 1.29 is 9.53 Å². The van der Waals surface area contributed by atoms with Gasteiger partial charge in [0.2, 0.25) is 0 Å². The molecule has 0 radical (unpaired) electrons. The first-order valence-corrected chi connectivity index (χ1v) is 7.01. The minimum Gasteiger partial charge on any atom is -0.481 e. The Morgan fingerprint density at radius 3 is 2.55 bits per heavy atom. The van der Waals surface area contributed by atoms with Gasteiger partial charge in [-0.3, -0.25) is 4.79 Å². The third-order valence-electron chi connectivity index (χ3n) is 3.12. The second-order valence-corrected chi connectivity index (χ2v) is 6.18. The third-order valence-corrected chi connectivity index (χ3v) is 3.12. The summed E-state index contributed by atoms with van der Waals surface area (Å²) in [6, 6.07) is 7.81. The predicted molar refractivity (Wildman–Crippen MR) is 81.9 cm³/mol. The molecule has 0 fully saturated rings. The van der Waals surface area contributed by atoms with Gasteiger partial charge in [-0.05, 0) is 37.0 Å². The van der Waals surface area contributed by atoms with Crippen LogP contribution < -0.4 is 15.8 Å². The summed E-state index contributed by atoms with van der Waals surface area (Å²) in [6.45, 7) is 10.5. The largest absolute Gasteiger partial charge is 0.481 e. The number of amides is 1. The molecule has 1 amide bonds. The van der Waals surface area contributed by atoms with Crippen LogP contribution in [-0.2, 0) is 10.2 Å². The fourth-order valence-corrected chi connectivity index (χ4v) is 1.71. The average molecular weight is 278 g/mol. The Labute approximate surface area is 121 Å². The normalized spacial score (nSPS) is 14.5. The van der Waals surface area contributed by atoms with E-state index in [2.05, 4.69) is 32.2 Å². The quantitative estimate of drug-likeness (QED) is 0.868. The maximum Gasteiger partial charge on any atom is 0.261 e. The van der Waals surface area contributed by atoms with E-state index in [4.69, 9.17) is 10.5 Å². The molecule has 112 valence electrons. The first-order valence-electron chi connectivity index (χ1n) is 7.01. The van der Waals surface area contributed by atoms with Crippen molar-refractivity contribution in [3.63, 3.8) is 0 Å². The summed E-state index contributed by atoms with van der Waals surface area (Å²) in [4.78, 5) is 11.9. The molecular formula is C16H26N2O2. The molecule has 4 heteroatoms. The van der Waals surface area contributed by atoms with Crippen LogP contribution in [0.15, 0.2) is 24.3 Å². The molecular weight excluding hydrogens is 252 g/mol. The van der Waals surface area contributed by atoms with Gasteiger partial charge in [0.05, 0.1) is 0 Å². The van der Waals surface area contributed by atoms with E-state index >= 15 is 0 Å². The molecule has 0 aliphatic heterocycles. The molecule has 0 aliphatic rings. The van der Waals surface area contributed by atoms with Crippen molar-refractivity contribution >= 4 is 5.91 Å². The van der Waals surface area contributed by atoms with Crippen LogP contribution in [0.3, 0.4) is 0 Å². The molecule has 0 saturated heterocycles. The van der Waals surface area contributed by atoms with Crippen molar-refractivity contribution in [2.24, 2.45) is 5.73 Å². The van der Waals surface area contributed by atoms with Crippen molar-refractivity contribution in [1.82, 2.24) is 5.32 Å². The molecule has 0 aliphatic carbocycles. The van der Waals surface area contributed by atoms with Gasteiger partial charge in [-0.2, -0.15) is 0 Å². The number of benzene rings is 1. The molecule has 1 unspecified atom stereocenters. The van der Waals surface area contributed by atoms with Crippen LogP contribution in [0.2, 0.25) is 0 Å². The molecule has 1 rings (SSSR count). The molecule has 1 aromatic rings. The standard InChI is InChI=1S/C16H26N2O2/c1-11(10-17)18-15(19)12(2)20-14-8-6-7-13(9-14)16(3,4)5/h6-9,11-12H,10,17H2,1-5H3,(H,18,19)/t11-,12?/m0/s1. The first kappa shape index (κ1) is 16.5. The summed E-state index contributed by atoms with van der Waals surface area (Å²) in [5.74, 6) is 0.560. The monoisotopic (exact) mass is 278 g/mol. The zero-order valence-electron chi connectivity index (χ0n) is 13.1. The molecule has 1 aromatic carbocycles. The van der Waals surface area contributed by atoms with Crippen LogP contribution in [0.4, 0.5) is 0 Å². The Kier molecular flexibility index (Phi) is 5.57. The molecule has 0 spiro atoms. The molecule has 3 N–H and O–H groups in total. The molecule has 0 saturated carbocycles. The van der Waals surface area contributed by atoms with Gasteiger partial charge in [-0.25, -0.2) is 0 Å². The van der Waals surface area contributed by atoms with Crippen LogP contribution in [0.5, 0.6) is 5.75 Å². The second kappa shape index (κ2) is 6.75. The van der Waals surface area contributed by atoms with E-state index < -0.39 is 6.10 Å². The summed E-state index contributed by atoms with van der Waals surface area (Å²) in [6.07, 6.45) is -0.542. The molecule has 2 atom stereocenters. The number of hydrogen-bond donors (Lipinski definition) is 2. The Morgan fingerprint density at radius 2 is 2.00 bits per heavy atom. The lowest BCUT2D eigenvalue weighted by Crippen LogP contribution is -2.44. The number of rotatable bonds is 5. The zero-order valence-corrected chi connectivity index (χ0v) is 13.1. The minimum absolute atomic E-state index is 0.0468. The first-order chi connectivity index (χ1) is 9.24. The van der Waals surface area contributed by atoms with Crippen molar-refractivity contribution in [3.8, 4) is 5.75 Å². The van der Waals surface area contributed by atoms with E-state index in [0.717, 1.165) is 0 Å². The molecule has 4 nitrogen and oxygen atoms in total. The second-order valence-electron chi connectivity index (χ2n) is 6.18. The summed E-state index contributed by atoms with van der Waals surface area (Å²) < 4.78 is 5.70. The van der Waals surface area contributed by atoms with Gasteiger partial charge in [0.15, 0.2) is 6.10 Å². The van der Waals surface area contributed by atoms with E-state index in [9.17, 15) is 4.79 Å². The van der Waals surface area contributed by atoms with E-state index in [1.54, 1.807) is 6.92 Å². The lowest BCUT2D eigenvalue weighted by Gasteiger charge is -2.21. The molecule has 0 bridgehead atoms. The summed E-state index contributed by atoms with van der Waals surface area (Å²) >= 11 is 0. The van der Waals surface area contributed by atoms with Crippen LogP contribution in [0.25, 0.3) is 0 Å². The molecule has 0 heterocycles. The van der Waals surface area contributed by atoms with E-state index in [-0.39, 0.29) is 17.4 Å². The van der Waals surface area contributed by atoms with Crippen molar-refractivity contribution in [1.29, 1.82) is 0 Å². The van der Waals surface area contributed by atoms with Crippen LogP contribution in [0, 0.1) is 0 Å². The highest BCUT2D eigenvalue weighted by Crippen LogP contribution is 2.26. The number of carbonyl (C=O) groups excluding carboxylic acids is 1. The predicted octanol–water partition coefficient (Wildman–Crippen LogP) is 2.21. The zero-order chi connectivity index (χ0) is 15.3. The Balaban J connectivity index is 2.71. The molecule has 20 heavy (non-hydrogen) atoms. The summed E-state index contributed by atoms with van der Waals surface area (Å²) in [5, 5.41) is 2.81. The maximum absolute atomic E-state index is 11.9. The van der Waals surface area contributed by atoms with Crippen molar-refractivity contribution in [2.75, 3.05) is 6.54 Å². The summed E-state index contributed by atoms with van der Waals surface area (Å²) in [7, 11) is 0. The lowest BCUT2D eigenvalue weighted by molar-refractivity contribution is -0.127. The highest BCUT2D eigenvalue weighted by Gasteiger charge is 2.18. The van der Waals surface area contributed by atoms with Crippen LogP contribution in [-0.4, -0.2) is 24.6 Å². The van der Waals surface area contributed by atoms with E-state index in [1.165, 1.54) is 5.56 Å². The smallest absolute Gasteiger partial charge is 0.261 e. The summed E-state index contributed by atoms with van der Waals surface area (Å²) in [5.41, 5.74) is 6.72. The SMILES string of the molecule is CC(Oc1cccc(C(C)(C)C)c1)C(=O)N[C@@H](C)CN. The van der Waals surface area contributed by atoms with Crippen molar-refractivity contribution in [2.45, 2.75) is 52.2 Å². The van der Waals surface area contributed by atoms with Gasteiger partial charge in [0.25, 0.3) is 5.91 Å². The third kappa shape index (κ3) is 4.85. The van der Waals surface area contributed by atoms with Crippen molar-refractivity contribution in [3.05, 3.63) is 29.8 Å². The highest BCUT2D eigenvalue weighted by atomic mass is 16.5. The Hall–Kier alpha value is -1.55. The van der Waals surface area contributed by atoms with Gasteiger partial charge in [0, 0.05) is 12.6 Å². The number of ether oxygens (including phenoxy) is 1. The molecule has 0 aromatic heterocycles. The maximum atomic E-state index is 11.9. The number of hydrogen-bond acceptors (Lipinski definition) is 3. The van der Waals surface area contributed by atoms with Gasteiger partial charge in [-0.15, -0.1) is 0 Å². The fraction of sp³-hybridized carbons (Fsp3) is 0.562.